The highest BCUT2D eigenvalue weighted by atomic mass is 19.4. The summed E-state index contributed by atoms with van der Waals surface area (Å²) in [5, 5.41) is 1.85. The van der Waals surface area contributed by atoms with Crippen LogP contribution in [0.5, 0.6) is 0 Å². The van der Waals surface area contributed by atoms with E-state index in [9.17, 15) is 22.8 Å². The summed E-state index contributed by atoms with van der Waals surface area (Å²) in [6, 6.07) is -0.470. The van der Waals surface area contributed by atoms with Gasteiger partial charge in [-0.05, 0) is 25.2 Å². The topological polar surface area (TPSA) is 75.4 Å². The van der Waals surface area contributed by atoms with Crippen molar-refractivity contribution < 1.29 is 22.8 Å². The number of fused-ring (bicyclic) bond motifs is 1. The maximum atomic E-state index is 12.1. The molecule has 0 unspecified atom stereocenters. The van der Waals surface area contributed by atoms with E-state index in [0.29, 0.717) is 12.3 Å². The largest absolute Gasteiger partial charge is 0.405 e. The SMILES string of the molecule is NC(=O)[C@@H]1C[C@H]2CCCC[C@@H]2N1CC(=O)NCC(F)(F)F. The summed E-state index contributed by atoms with van der Waals surface area (Å²) in [6.07, 6.45) is 0.105. The van der Waals surface area contributed by atoms with Crippen molar-refractivity contribution in [2.45, 2.75) is 50.4 Å². The fraction of sp³-hybridized carbons (Fsp3) is 0.846. The molecule has 5 nitrogen and oxygen atoms in total. The van der Waals surface area contributed by atoms with Crippen LogP contribution in [0.1, 0.15) is 32.1 Å². The highest BCUT2D eigenvalue weighted by Gasteiger charge is 2.45. The zero-order valence-corrected chi connectivity index (χ0v) is 11.7. The first kappa shape index (κ1) is 16.1. The zero-order valence-electron chi connectivity index (χ0n) is 11.7. The highest BCUT2D eigenvalue weighted by molar-refractivity contribution is 5.83. The second-order valence-electron chi connectivity index (χ2n) is 5.83. The van der Waals surface area contributed by atoms with Gasteiger partial charge in [-0.1, -0.05) is 12.8 Å². The van der Waals surface area contributed by atoms with E-state index in [1.54, 1.807) is 4.90 Å². The first-order chi connectivity index (χ1) is 9.78. The summed E-state index contributed by atoms with van der Waals surface area (Å²) in [7, 11) is 0. The molecule has 8 heteroatoms. The Bertz CT molecular complexity index is 414. The van der Waals surface area contributed by atoms with Gasteiger partial charge in [0.05, 0.1) is 12.6 Å². The van der Waals surface area contributed by atoms with Crippen molar-refractivity contribution in [1.29, 1.82) is 0 Å². The number of primary amides is 1. The quantitative estimate of drug-likeness (QED) is 0.806. The van der Waals surface area contributed by atoms with Crippen molar-refractivity contribution >= 4 is 11.8 Å². The van der Waals surface area contributed by atoms with Crippen LogP contribution in [-0.2, 0) is 9.59 Å². The number of nitrogens with two attached hydrogens (primary N) is 1. The molecule has 2 amide bonds. The average Bonchev–Trinajstić information content (AvgIpc) is 2.75. The molecule has 0 bridgehead atoms. The Labute approximate surface area is 121 Å². The van der Waals surface area contributed by atoms with Crippen LogP contribution in [0.4, 0.5) is 13.2 Å². The Morgan fingerprint density at radius 3 is 2.52 bits per heavy atom. The van der Waals surface area contributed by atoms with Gasteiger partial charge < -0.3 is 11.1 Å². The minimum atomic E-state index is -4.43. The van der Waals surface area contributed by atoms with Crippen LogP contribution in [0.3, 0.4) is 0 Å². The predicted molar refractivity (Wildman–Crippen MR) is 69.1 cm³/mol. The van der Waals surface area contributed by atoms with Crippen molar-refractivity contribution in [3.8, 4) is 0 Å². The molecular formula is C13H20F3N3O2. The molecule has 0 spiro atoms. The second kappa shape index (κ2) is 6.21. The first-order valence-electron chi connectivity index (χ1n) is 7.16. The maximum absolute atomic E-state index is 12.1. The Kier molecular flexibility index (Phi) is 4.75. The number of hydrogen-bond donors (Lipinski definition) is 2. The third-order valence-electron chi connectivity index (χ3n) is 4.36. The maximum Gasteiger partial charge on any atom is 0.405 e. The van der Waals surface area contributed by atoms with Crippen LogP contribution in [0.25, 0.3) is 0 Å². The fourth-order valence-corrected chi connectivity index (χ4v) is 3.48. The predicted octanol–water partition coefficient (Wildman–Crippen LogP) is 0.783. The van der Waals surface area contributed by atoms with Crippen molar-refractivity contribution in [1.82, 2.24) is 10.2 Å². The van der Waals surface area contributed by atoms with Gasteiger partial charge in [0.15, 0.2) is 0 Å². The summed E-state index contributed by atoms with van der Waals surface area (Å²) >= 11 is 0. The van der Waals surface area contributed by atoms with Crippen molar-refractivity contribution in [3.63, 3.8) is 0 Å². The smallest absolute Gasteiger partial charge is 0.368 e. The van der Waals surface area contributed by atoms with Crippen LogP contribution in [0.2, 0.25) is 0 Å². The van der Waals surface area contributed by atoms with E-state index < -0.39 is 30.6 Å². The van der Waals surface area contributed by atoms with Gasteiger partial charge >= 0.3 is 6.18 Å². The molecule has 120 valence electrons. The van der Waals surface area contributed by atoms with Crippen LogP contribution in [-0.4, -0.2) is 48.1 Å². The van der Waals surface area contributed by atoms with Gasteiger partial charge in [0.2, 0.25) is 11.8 Å². The third kappa shape index (κ3) is 4.09. The Hall–Kier alpha value is -1.31. The van der Waals surface area contributed by atoms with Gasteiger partial charge in [0.25, 0.3) is 0 Å². The summed E-state index contributed by atoms with van der Waals surface area (Å²) in [6.45, 7) is -1.56. The highest BCUT2D eigenvalue weighted by Crippen LogP contribution is 2.39. The van der Waals surface area contributed by atoms with Gasteiger partial charge in [-0.3, -0.25) is 14.5 Å². The fourth-order valence-electron chi connectivity index (χ4n) is 3.48. The monoisotopic (exact) mass is 307 g/mol. The number of alkyl halides is 3. The van der Waals surface area contributed by atoms with E-state index in [4.69, 9.17) is 5.73 Å². The molecule has 3 N–H and O–H groups in total. The lowest BCUT2D eigenvalue weighted by atomic mass is 9.85. The van der Waals surface area contributed by atoms with Gasteiger partial charge in [-0.2, -0.15) is 13.2 Å². The molecule has 1 aliphatic carbocycles. The normalized spacial score (nSPS) is 30.0. The van der Waals surface area contributed by atoms with Gasteiger partial charge in [-0.15, -0.1) is 0 Å². The van der Waals surface area contributed by atoms with E-state index in [0.717, 1.165) is 25.7 Å². The molecule has 3 atom stereocenters. The van der Waals surface area contributed by atoms with Crippen molar-refractivity contribution in [2.75, 3.05) is 13.1 Å². The van der Waals surface area contributed by atoms with Gasteiger partial charge in [0.1, 0.15) is 6.54 Å². The van der Waals surface area contributed by atoms with Crippen LogP contribution in [0.15, 0.2) is 0 Å². The molecule has 0 aromatic heterocycles. The number of nitrogens with zero attached hydrogens (tertiary/aromatic N) is 1. The van der Waals surface area contributed by atoms with Crippen LogP contribution >= 0.6 is 0 Å². The van der Waals surface area contributed by atoms with E-state index in [1.807, 2.05) is 5.32 Å². The molecule has 2 aliphatic rings. The van der Waals surface area contributed by atoms with Gasteiger partial charge in [0, 0.05) is 6.04 Å². The van der Waals surface area contributed by atoms with Crippen molar-refractivity contribution in [2.24, 2.45) is 11.7 Å². The second-order valence-corrected chi connectivity index (χ2v) is 5.83. The number of amides is 2. The Morgan fingerprint density at radius 2 is 1.90 bits per heavy atom. The van der Waals surface area contributed by atoms with E-state index >= 15 is 0 Å². The lowest BCUT2D eigenvalue weighted by molar-refractivity contribution is -0.140. The van der Waals surface area contributed by atoms with E-state index in [-0.39, 0.29) is 12.6 Å². The standard InChI is InChI=1S/C13H20F3N3O2/c14-13(15,16)7-18-11(20)6-19-9-4-2-1-3-8(9)5-10(19)12(17)21/h8-10H,1-7H2,(H2,17,21)(H,18,20)/t8-,9+,10+/m1/s1. The summed E-state index contributed by atoms with van der Waals surface area (Å²) in [5.74, 6) is -0.913. The lowest BCUT2D eigenvalue weighted by Gasteiger charge is -2.32. The molecule has 0 aromatic rings. The molecule has 0 aromatic carbocycles. The number of carbonyl (C=O) groups excluding carboxylic acids is 2. The Balaban J connectivity index is 1.97. The van der Waals surface area contributed by atoms with Gasteiger partial charge in [-0.25, -0.2) is 0 Å². The molecule has 1 heterocycles. The average molecular weight is 307 g/mol. The van der Waals surface area contributed by atoms with Crippen LogP contribution < -0.4 is 11.1 Å². The first-order valence-corrected chi connectivity index (χ1v) is 7.16. The molecule has 1 saturated carbocycles. The molecule has 21 heavy (non-hydrogen) atoms. The Morgan fingerprint density at radius 1 is 1.24 bits per heavy atom. The van der Waals surface area contributed by atoms with Crippen molar-refractivity contribution in [3.05, 3.63) is 0 Å². The lowest BCUT2D eigenvalue weighted by Crippen LogP contribution is -2.50. The number of nitrogens with one attached hydrogen (secondary N) is 1. The summed E-state index contributed by atoms with van der Waals surface area (Å²) in [5.41, 5.74) is 5.37. The summed E-state index contributed by atoms with van der Waals surface area (Å²) in [4.78, 5) is 24.9. The number of rotatable bonds is 4. The molecule has 2 fully saturated rings. The minimum Gasteiger partial charge on any atom is -0.368 e. The molecule has 1 saturated heterocycles. The minimum absolute atomic E-state index is 0.0767. The number of carbonyl (C=O) groups is 2. The zero-order chi connectivity index (χ0) is 15.6. The number of halogens is 3. The van der Waals surface area contributed by atoms with Crippen LogP contribution in [0, 0.1) is 5.92 Å². The number of likely N-dealkylation sites (tertiary alicyclic amines) is 1. The summed E-state index contributed by atoms with van der Waals surface area (Å²) < 4.78 is 36.3. The molecule has 2 rings (SSSR count). The molecular weight excluding hydrogens is 287 g/mol. The van der Waals surface area contributed by atoms with E-state index in [2.05, 4.69) is 0 Å². The molecule has 1 aliphatic heterocycles. The third-order valence-corrected chi connectivity index (χ3v) is 4.36. The van der Waals surface area contributed by atoms with E-state index in [1.165, 1.54) is 0 Å². The number of hydrogen-bond acceptors (Lipinski definition) is 3. The molecule has 0 radical (unpaired) electrons.